The summed E-state index contributed by atoms with van der Waals surface area (Å²) in [5, 5.41) is 10.5. The number of hydrogen-bond acceptors (Lipinski definition) is 2. The zero-order valence-electron chi connectivity index (χ0n) is 11.7. The number of carboxylic acids is 1. The van der Waals surface area contributed by atoms with Crippen LogP contribution in [0.4, 0.5) is 17.6 Å². The molecule has 1 aromatic rings. The van der Waals surface area contributed by atoms with Gasteiger partial charge in [0.2, 0.25) is 0 Å². The van der Waals surface area contributed by atoms with E-state index in [-0.39, 0.29) is 5.82 Å². The Labute approximate surface area is 125 Å². The molecular formula is C15H17F4NO2. The maximum Gasteiger partial charge on any atom is 0.490 e. The van der Waals surface area contributed by atoms with Gasteiger partial charge in [0.15, 0.2) is 0 Å². The highest BCUT2D eigenvalue weighted by molar-refractivity contribution is 5.73. The quantitative estimate of drug-likeness (QED) is 0.821. The molecule has 7 heteroatoms. The van der Waals surface area contributed by atoms with Crippen LogP contribution < -0.4 is 5.32 Å². The second-order valence-corrected chi connectivity index (χ2v) is 4.80. The van der Waals surface area contributed by atoms with Crippen LogP contribution in [0.1, 0.15) is 18.4 Å². The van der Waals surface area contributed by atoms with Crippen LogP contribution >= 0.6 is 0 Å². The van der Waals surface area contributed by atoms with Crippen molar-refractivity contribution in [2.75, 3.05) is 13.1 Å². The number of halogens is 4. The summed E-state index contributed by atoms with van der Waals surface area (Å²) in [5.41, 5.74) is 1.08. The number of carboxylic acid groups (broad SMARTS) is 1. The molecule has 0 bridgehead atoms. The van der Waals surface area contributed by atoms with E-state index in [2.05, 4.69) is 17.5 Å². The summed E-state index contributed by atoms with van der Waals surface area (Å²) in [5.74, 6) is -2.25. The van der Waals surface area contributed by atoms with Crippen molar-refractivity contribution in [3.8, 4) is 0 Å². The normalized spacial score (nSPS) is 16.2. The van der Waals surface area contributed by atoms with Gasteiger partial charge in [-0.25, -0.2) is 9.18 Å². The lowest BCUT2D eigenvalue weighted by Crippen LogP contribution is -2.26. The molecule has 0 unspecified atom stereocenters. The van der Waals surface area contributed by atoms with Crippen molar-refractivity contribution < 1.29 is 27.5 Å². The van der Waals surface area contributed by atoms with Gasteiger partial charge in [-0.05, 0) is 49.5 Å². The Morgan fingerprint density at radius 3 is 2.14 bits per heavy atom. The monoisotopic (exact) mass is 319 g/mol. The van der Waals surface area contributed by atoms with E-state index in [4.69, 9.17) is 9.90 Å². The van der Waals surface area contributed by atoms with Crippen molar-refractivity contribution in [1.82, 2.24) is 5.32 Å². The van der Waals surface area contributed by atoms with E-state index in [0.29, 0.717) is 5.92 Å². The molecule has 1 aliphatic rings. The summed E-state index contributed by atoms with van der Waals surface area (Å²) in [7, 11) is 0. The lowest BCUT2D eigenvalue weighted by Gasteiger charge is -2.19. The van der Waals surface area contributed by atoms with Gasteiger partial charge in [0.05, 0.1) is 0 Å². The lowest BCUT2D eigenvalue weighted by molar-refractivity contribution is -0.192. The summed E-state index contributed by atoms with van der Waals surface area (Å²) in [6.07, 6.45) is 1.67. The van der Waals surface area contributed by atoms with Crippen molar-refractivity contribution in [2.24, 2.45) is 5.92 Å². The molecule has 22 heavy (non-hydrogen) atoms. The van der Waals surface area contributed by atoms with E-state index in [9.17, 15) is 17.6 Å². The smallest absolute Gasteiger partial charge is 0.475 e. The van der Waals surface area contributed by atoms with E-state index < -0.39 is 12.1 Å². The molecule has 3 nitrogen and oxygen atoms in total. The van der Waals surface area contributed by atoms with Crippen LogP contribution in [-0.2, 0) is 4.79 Å². The minimum absolute atomic E-state index is 0.172. The molecule has 1 fully saturated rings. The van der Waals surface area contributed by atoms with Crippen molar-refractivity contribution in [3.05, 3.63) is 41.7 Å². The van der Waals surface area contributed by atoms with Gasteiger partial charge >= 0.3 is 12.1 Å². The maximum atomic E-state index is 12.6. The van der Waals surface area contributed by atoms with Crippen LogP contribution in [0.5, 0.6) is 0 Å². The third-order valence-corrected chi connectivity index (χ3v) is 3.06. The average Bonchev–Trinajstić information content (AvgIpc) is 2.47. The first-order chi connectivity index (χ1) is 10.3. The number of alkyl halides is 3. The average molecular weight is 319 g/mol. The summed E-state index contributed by atoms with van der Waals surface area (Å²) in [6, 6.07) is 6.63. The Morgan fingerprint density at radius 2 is 1.68 bits per heavy atom. The number of carbonyl (C=O) groups is 1. The van der Waals surface area contributed by atoms with E-state index >= 15 is 0 Å². The first-order valence-electron chi connectivity index (χ1n) is 6.73. The molecule has 0 aromatic heterocycles. The number of rotatable bonds is 2. The molecule has 0 amide bonds. The standard InChI is InChI=1S/C13H16FN.C2HF3O2/c14-13-5-3-11(4-6-13)1-2-12-7-9-15-10-8-12;3-2(4,5)1(6)7/h1-6,12,15H,7-10H2;(H,6,7). The number of piperidine rings is 1. The van der Waals surface area contributed by atoms with Crippen LogP contribution in [0.15, 0.2) is 30.3 Å². The molecule has 0 saturated carbocycles. The van der Waals surface area contributed by atoms with Crippen LogP contribution in [0.2, 0.25) is 0 Å². The Balaban J connectivity index is 0.000000295. The molecule has 2 rings (SSSR count). The zero-order chi connectivity index (χ0) is 16.6. The Bertz CT molecular complexity index is 491. The fourth-order valence-electron chi connectivity index (χ4n) is 1.86. The fourth-order valence-corrected chi connectivity index (χ4v) is 1.86. The molecule has 1 aliphatic heterocycles. The van der Waals surface area contributed by atoms with Crippen LogP contribution in [-0.4, -0.2) is 30.3 Å². The first kappa shape index (κ1) is 18.2. The predicted octanol–water partition coefficient (Wildman–Crippen LogP) is 3.47. The van der Waals surface area contributed by atoms with E-state index in [1.54, 1.807) is 0 Å². The van der Waals surface area contributed by atoms with Gasteiger partial charge in [0.25, 0.3) is 0 Å². The third-order valence-electron chi connectivity index (χ3n) is 3.06. The molecule has 0 radical (unpaired) electrons. The molecule has 1 aromatic carbocycles. The van der Waals surface area contributed by atoms with E-state index in [1.807, 2.05) is 12.1 Å². The van der Waals surface area contributed by atoms with Gasteiger partial charge in [-0.3, -0.25) is 0 Å². The topological polar surface area (TPSA) is 49.3 Å². The zero-order valence-corrected chi connectivity index (χ0v) is 11.7. The fraction of sp³-hybridized carbons (Fsp3) is 0.400. The minimum Gasteiger partial charge on any atom is -0.475 e. The highest BCUT2D eigenvalue weighted by Crippen LogP contribution is 2.15. The molecular weight excluding hydrogens is 302 g/mol. The second kappa shape index (κ2) is 8.53. The molecule has 122 valence electrons. The number of benzene rings is 1. The van der Waals surface area contributed by atoms with Crippen LogP contribution in [0, 0.1) is 11.7 Å². The molecule has 0 atom stereocenters. The number of nitrogens with one attached hydrogen (secondary N) is 1. The van der Waals surface area contributed by atoms with Gasteiger partial charge in [0.1, 0.15) is 5.82 Å². The molecule has 1 saturated heterocycles. The van der Waals surface area contributed by atoms with Gasteiger partial charge in [-0.2, -0.15) is 13.2 Å². The number of hydrogen-bond donors (Lipinski definition) is 2. The van der Waals surface area contributed by atoms with Crippen LogP contribution in [0.3, 0.4) is 0 Å². The highest BCUT2D eigenvalue weighted by atomic mass is 19.4. The van der Waals surface area contributed by atoms with Crippen LogP contribution in [0.25, 0.3) is 6.08 Å². The van der Waals surface area contributed by atoms with Gasteiger partial charge in [-0.1, -0.05) is 24.3 Å². The molecule has 0 aliphatic carbocycles. The van der Waals surface area contributed by atoms with Gasteiger partial charge in [-0.15, -0.1) is 0 Å². The third kappa shape index (κ3) is 7.21. The van der Waals surface area contributed by atoms with Crippen molar-refractivity contribution >= 4 is 12.0 Å². The number of allylic oxidation sites excluding steroid dienone is 1. The van der Waals surface area contributed by atoms with E-state index in [1.165, 1.54) is 25.0 Å². The highest BCUT2D eigenvalue weighted by Gasteiger charge is 2.38. The molecule has 2 N–H and O–H groups in total. The summed E-state index contributed by atoms with van der Waals surface area (Å²) in [6.45, 7) is 2.22. The Kier molecular flexibility index (Phi) is 7.04. The second-order valence-electron chi connectivity index (χ2n) is 4.80. The minimum atomic E-state index is -5.08. The largest absolute Gasteiger partial charge is 0.490 e. The summed E-state index contributed by atoms with van der Waals surface area (Å²) >= 11 is 0. The Hall–Kier alpha value is -1.89. The molecule has 1 heterocycles. The van der Waals surface area contributed by atoms with Crippen molar-refractivity contribution in [1.29, 1.82) is 0 Å². The predicted molar refractivity (Wildman–Crippen MR) is 74.7 cm³/mol. The first-order valence-corrected chi connectivity index (χ1v) is 6.73. The Morgan fingerprint density at radius 1 is 1.18 bits per heavy atom. The van der Waals surface area contributed by atoms with Gasteiger partial charge < -0.3 is 10.4 Å². The maximum absolute atomic E-state index is 12.6. The van der Waals surface area contributed by atoms with Crippen molar-refractivity contribution in [3.63, 3.8) is 0 Å². The summed E-state index contributed by atoms with van der Waals surface area (Å²) in [4.78, 5) is 8.90. The lowest BCUT2D eigenvalue weighted by atomic mass is 9.97. The number of aliphatic carboxylic acids is 1. The SMILES string of the molecule is Fc1ccc(C=CC2CCNCC2)cc1.O=C(O)C(F)(F)F. The molecule has 0 spiro atoms. The van der Waals surface area contributed by atoms with Gasteiger partial charge in [0, 0.05) is 0 Å². The van der Waals surface area contributed by atoms with Crippen molar-refractivity contribution in [2.45, 2.75) is 19.0 Å². The summed E-state index contributed by atoms with van der Waals surface area (Å²) < 4.78 is 44.4. The van der Waals surface area contributed by atoms with E-state index in [0.717, 1.165) is 18.7 Å².